The van der Waals surface area contributed by atoms with Crippen LogP contribution in [0.15, 0.2) is 15.9 Å². The third kappa shape index (κ3) is 3.72. The van der Waals surface area contributed by atoms with Crippen LogP contribution in [0.5, 0.6) is 0 Å². The van der Waals surface area contributed by atoms with E-state index in [1.807, 2.05) is 11.3 Å². The average molecular weight is 247 g/mol. The molecular weight excluding hydrogens is 232 g/mol. The van der Waals surface area contributed by atoms with Gasteiger partial charge in [0.05, 0.1) is 0 Å². The smallest absolute Gasteiger partial charge is 0.0285 e. The van der Waals surface area contributed by atoms with Crippen LogP contribution in [-0.4, -0.2) is 0 Å². The minimum atomic E-state index is 1.23. The zero-order chi connectivity index (χ0) is 8.81. The second-order valence-electron chi connectivity index (χ2n) is 3.04. The molecule has 0 aliphatic rings. The topological polar surface area (TPSA) is 0 Å². The van der Waals surface area contributed by atoms with Crippen LogP contribution in [0.25, 0.3) is 0 Å². The van der Waals surface area contributed by atoms with Crippen molar-refractivity contribution in [3.05, 3.63) is 20.8 Å². The maximum absolute atomic E-state index is 3.47. The highest BCUT2D eigenvalue weighted by Crippen LogP contribution is 2.21. The van der Waals surface area contributed by atoms with Crippen molar-refractivity contribution < 1.29 is 0 Å². The van der Waals surface area contributed by atoms with Crippen molar-refractivity contribution in [2.45, 2.75) is 39.0 Å². The molecule has 12 heavy (non-hydrogen) atoms. The van der Waals surface area contributed by atoms with Crippen LogP contribution in [0.4, 0.5) is 0 Å². The first-order chi connectivity index (χ1) is 5.83. The van der Waals surface area contributed by atoms with Gasteiger partial charge in [-0.05, 0) is 34.8 Å². The summed E-state index contributed by atoms with van der Waals surface area (Å²) >= 11 is 5.33. The number of thiophene rings is 1. The fourth-order valence-corrected chi connectivity index (χ4v) is 2.71. The minimum Gasteiger partial charge on any atom is -0.148 e. The van der Waals surface area contributed by atoms with Crippen molar-refractivity contribution in [1.29, 1.82) is 0 Å². The maximum Gasteiger partial charge on any atom is 0.0285 e. The maximum atomic E-state index is 3.47. The van der Waals surface area contributed by atoms with Gasteiger partial charge in [0.2, 0.25) is 0 Å². The van der Waals surface area contributed by atoms with Gasteiger partial charge in [0, 0.05) is 14.7 Å². The predicted molar refractivity (Wildman–Crippen MR) is 59.9 cm³/mol. The van der Waals surface area contributed by atoms with E-state index >= 15 is 0 Å². The Bertz CT molecular complexity index is 217. The van der Waals surface area contributed by atoms with Crippen molar-refractivity contribution in [3.8, 4) is 0 Å². The molecule has 68 valence electrons. The third-order valence-electron chi connectivity index (χ3n) is 1.90. The van der Waals surface area contributed by atoms with Gasteiger partial charge in [0.25, 0.3) is 0 Å². The predicted octanol–water partition coefficient (Wildman–Crippen LogP) is 4.63. The first kappa shape index (κ1) is 10.3. The molecule has 1 aromatic heterocycles. The molecule has 0 aromatic carbocycles. The van der Waals surface area contributed by atoms with Gasteiger partial charge < -0.3 is 0 Å². The van der Waals surface area contributed by atoms with Gasteiger partial charge in [-0.1, -0.05) is 26.2 Å². The molecule has 0 radical (unpaired) electrons. The van der Waals surface area contributed by atoms with Gasteiger partial charge in [-0.25, -0.2) is 0 Å². The molecule has 0 spiro atoms. The minimum absolute atomic E-state index is 1.23. The highest BCUT2D eigenvalue weighted by Gasteiger charge is 1.96. The van der Waals surface area contributed by atoms with Crippen LogP contribution in [0.2, 0.25) is 0 Å². The highest BCUT2D eigenvalue weighted by atomic mass is 79.9. The monoisotopic (exact) mass is 246 g/mol. The van der Waals surface area contributed by atoms with Gasteiger partial charge in [0.15, 0.2) is 0 Å². The fraction of sp³-hybridized carbons (Fsp3) is 0.600. The summed E-state index contributed by atoms with van der Waals surface area (Å²) in [6.07, 6.45) is 6.70. The van der Waals surface area contributed by atoms with Crippen LogP contribution in [-0.2, 0) is 6.42 Å². The number of hydrogen-bond acceptors (Lipinski definition) is 1. The van der Waals surface area contributed by atoms with Gasteiger partial charge in [-0.3, -0.25) is 0 Å². The van der Waals surface area contributed by atoms with Gasteiger partial charge in [-0.2, -0.15) is 0 Å². The molecule has 0 nitrogen and oxygen atoms in total. The van der Waals surface area contributed by atoms with Crippen LogP contribution in [0.3, 0.4) is 0 Å². The molecule has 1 heterocycles. The zero-order valence-electron chi connectivity index (χ0n) is 7.48. The lowest BCUT2D eigenvalue weighted by atomic mass is 10.1. The molecule has 0 aliphatic carbocycles. The molecule has 2 heteroatoms. The first-order valence-electron chi connectivity index (χ1n) is 4.56. The molecule has 0 fully saturated rings. The number of aryl methyl sites for hydroxylation is 1. The van der Waals surface area contributed by atoms with Crippen LogP contribution in [0, 0.1) is 0 Å². The van der Waals surface area contributed by atoms with E-state index in [2.05, 4.69) is 34.3 Å². The van der Waals surface area contributed by atoms with E-state index < -0.39 is 0 Å². The molecule has 0 atom stereocenters. The lowest BCUT2D eigenvalue weighted by Gasteiger charge is -1.95. The van der Waals surface area contributed by atoms with Gasteiger partial charge >= 0.3 is 0 Å². The van der Waals surface area contributed by atoms with Crippen molar-refractivity contribution in [2.75, 3.05) is 0 Å². The molecule has 0 saturated heterocycles. The van der Waals surface area contributed by atoms with Crippen LogP contribution >= 0.6 is 27.3 Å². The quantitative estimate of drug-likeness (QED) is 0.665. The Kier molecular flexibility index (Phi) is 4.93. The standard InChI is InChI=1S/C10H15BrS/c1-2-3-4-5-6-10-7-9(11)8-12-10/h7-8H,2-6H2,1H3. The van der Waals surface area contributed by atoms with E-state index in [0.29, 0.717) is 0 Å². The highest BCUT2D eigenvalue weighted by molar-refractivity contribution is 9.10. The molecule has 0 saturated carbocycles. The normalized spacial score (nSPS) is 10.5. The molecule has 1 rings (SSSR count). The van der Waals surface area contributed by atoms with Crippen LogP contribution < -0.4 is 0 Å². The molecule has 0 N–H and O–H groups in total. The Balaban J connectivity index is 2.15. The summed E-state index contributed by atoms with van der Waals surface area (Å²) in [5, 5.41) is 2.16. The van der Waals surface area contributed by atoms with Crippen molar-refractivity contribution in [2.24, 2.45) is 0 Å². The summed E-state index contributed by atoms with van der Waals surface area (Å²) in [4.78, 5) is 1.51. The Morgan fingerprint density at radius 2 is 2.17 bits per heavy atom. The van der Waals surface area contributed by atoms with E-state index in [0.717, 1.165) is 0 Å². The Morgan fingerprint density at radius 3 is 2.75 bits per heavy atom. The molecule has 1 aromatic rings. The molecule has 0 bridgehead atoms. The van der Waals surface area contributed by atoms with E-state index in [9.17, 15) is 0 Å². The SMILES string of the molecule is CCCCCCc1cc(Br)cs1. The Morgan fingerprint density at radius 1 is 1.33 bits per heavy atom. The number of hydrogen-bond donors (Lipinski definition) is 0. The molecule has 0 amide bonds. The summed E-state index contributed by atoms with van der Waals surface area (Å²) in [5.41, 5.74) is 0. The average Bonchev–Trinajstić information content (AvgIpc) is 2.45. The number of halogens is 1. The lowest BCUT2D eigenvalue weighted by molar-refractivity contribution is 0.670. The Labute approximate surface area is 87.1 Å². The molecular formula is C10H15BrS. The fourth-order valence-electron chi connectivity index (χ4n) is 1.21. The third-order valence-corrected chi connectivity index (χ3v) is 3.66. The second kappa shape index (κ2) is 5.76. The zero-order valence-corrected chi connectivity index (χ0v) is 9.88. The summed E-state index contributed by atoms with van der Waals surface area (Å²) in [5.74, 6) is 0. The van der Waals surface area contributed by atoms with E-state index in [1.54, 1.807) is 0 Å². The largest absolute Gasteiger partial charge is 0.148 e. The van der Waals surface area contributed by atoms with Crippen molar-refractivity contribution >= 4 is 27.3 Å². The van der Waals surface area contributed by atoms with Gasteiger partial charge in [-0.15, -0.1) is 11.3 Å². The second-order valence-corrected chi connectivity index (χ2v) is 4.95. The van der Waals surface area contributed by atoms with Crippen LogP contribution in [0.1, 0.15) is 37.5 Å². The number of rotatable bonds is 5. The van der Waals surface area contributed by atoms with Crippen molar-refractivity contribution in [1.82, 2.24) is 0 Å². The molecule has 0 unspecified atom stereocenters. The van der Waals surface area contributed by atoms with E-state index in [1.165, 1.54) is 41.5 Å². The first-order valence-corrected chi connectivity index (χ1v) is 6.23. The summed E-state index contributed by atoms with van der Waals surface area (Å²) in [6, 6.07) is 2.23. The Hall–Kier alpha value is 0.180. The number of unbranched alkanes of at least 4 members (excludes halogenated alkanes) is 3. The summed E-state index contributed by atoms with van der Waals surface area (Å²) < 4.78 is 1.23. The lowest BCUT2D eigenvalue weighted by Crippen LogP contribution is -1.80. The van der Waals surface area contributed by atoms with E-state index in [-0.39, 0.29) is 0 Å². The van der Waals surface area contributed by atoms with E-state index in [4.69, 9.17) is 0 Å². The summed E-state index contributed by atoms with van der Waals surface area (Å²) in [7, 11) is 0. The van der Waals surface area contributed by atoms with Gasteiger partial charge in [0.1, 0.15) is 0 Å². The summed E-state index contributed by atoms with van der Waals surface area (Å²) in [6.45, 7) is 2.25. The molecule has 0 aliphatic heterocycles. The van der Waals surface area contributed by atoms with Crippen molar-refractivity contribution in [3.63, 3.8) is 0 Å².